The summed E-state index contributed by atoms with van der Waals surface area (Å²) in [7, 11) is 0. The molecule has 3 nitrogen and oxygen atoms in total. The van der Waals surface area contributed by atoms with Crippen molar-refractivity contribution in [2.75, 3.05) is 4.90 Å². The molecule has 0 radical (unpaired) electrons. The van der Waals surface area contributed by atoms with Crippen LogP contribution in [0.25, 0.3) is 38.5 Å². The third-order valence-corrected chi connectivity index (χ3v) is 10.9. The van der Waals surface area contributed by atoms with Crippen molar-refractivity contribution < 1.29 is 0 Å². The predicted octanol–water partition coefficient (Wildman–Crippen LogP) is 10.4. The minimum Gasteiger partial charge on any atom is -0.336 e. The summed E-state index contributed by atoms with van der Waals surface area (Å²) in [5.74, 6) is 0. The minimum absolute atomic E-state index is 0.0325. The van der Waals surface area contributed by atoms with E-state index in [9.17, 15) is 4.79 Å². The Morgan fingerprint density at radius 1 is 0.489 bits per heavy atom. The zero-order chi connectivity index (χ0) is 32.1. The first-order valence-corrected chi connectivity index (χ1v) is 16.5. The number of rotatable bonds is 0. The Bertz CT molecular complexity index is 2480. The normalized spacial score (nSPS) is 15.5. The molecule has 0 unspecified atom stereocenters. The van der Waals surface area contributed by atoms with E-state index in [4.69, 9.17) is 0 Å². The van der Waals surface area contributed by atoms with Crippen LogP contribution in [0.2, 0.25) is 0 Å². The Morgan fingerprint density at radius 2 is 1.02 bits per heavy atom. The van der Waals surface area contributed by atoms with Gasteiger partial charge in [-0.2, -0.15) is 0 Å². The molecule has 0 saturated heterocycles. The van der Waals surface area contributed by atoms with Crippen molar-refractivity contribution >= 4 is 33.1 Å². The summed E-state index contributed by atoms with van der Waals surface area (Å²) in [5.41, 5.74) is 14.2. The third kappa shape index (κ3) is 3.77. The Labute approximate surface area is 275 Å². The van der Waals surface area contributed by atoms with Gasteiger partial charge < -0.3 is 4.90 Å². The second-order valence-corrected chi connectivity index (χ2v) is 14.1. The van der Waals surface area contributed by atoms with Crippen molar-refractivity contribution in [2.45, 2.75) is 45.1 Å². The van der Waals surface area contributed by atoms with Crippen molar-refractivity contribution in [3.63, 3.8) is 0 Å². The second-order valence-electron chi connectivity index (χ2n) is 14.1. The molecule has 3 heteroatoms. The van der Waals surface area contributed by atoms with Gasteiger partial charge in [-0.25, -0.2) is 0 Å². The van der Waals surface area contributed by atoms with Crippen LogP contribution >= 0.6 is 0 Å². The van der Waals surface area contributed by atoms with Gasteiger partial charge in [0.15, 0.2) is 0 Å². The fraction of sp³-hybridized carbons (Fsp3) is 0.159. The highest BCUT2D eigenvalue weighted by molar-refractivity contribution is 6.08. The molecular formula is C44H36N2O. The topological polar surface area (TPSA) is 25.2 Å². The molecule has 0 fully saturated rings. The van der Waals surface area contributed by atoms with E-state index in [1.54, 1.807) is 0 Å². The molecule has 4 heterocycles. The van der Waals surface area contributed by atoms with Crippen LogP contribution in [0.1, 0.15) is 55.5 Å². The van der Waals surface area contributed by atoms with Gasteiger partial charge in [-0.15, -0.1) is 0 Å². The Kier molecular flexibility index (Phi) is 5.81. The van der Waals surface area contributed by atoms with E-state index in [1.165, 1.54) is 50.3 Å². The van der Waals surface area contributed by atoms with Crippen LogP contribution in [-0.2, 0) is 17.4 Å². The standard InChI is InChI=1S/C22H17NO.C22H19N/c1-22(2)17-11-5-6-13-19(17)23-20-15(10-7-12-18(20)22)14-8-3-4-9-16(14)21(23)24;1-22(2)18-11-5-6-13-20(18)23-14-15-8-3-4-9-16(15)17-10-7-12-19(22)21(17)23/h3-13H,1-2H3;3-13H,14H2,1-2H3. The van der Waals surface area contributed by atoms with Crippen LogP contribution < -0.4 is 10.5 Å². The minimum atomic E-state index is -0.134. The van der Waals surface area contributed by atoms with Gasteiger partial charge in [-0.1, -0.05) is 143 Å². The lowest BCUT2D eigenvalue weighted by molar-refractivity contribution is 0.623. The van der Waals surface area contributed by atoms with E-state index in [1.807, 2.05) is 34.9 Å². The van der Waals surface area contributed by atoms with Crippen LogP contribution in [0.5, 0.6) is 0 Å². The van der Waals surface area contributed by atoms with Crippen molar-refractivity contribution in [3.05, 3.63) is 172 Å². The zero-order valence-corrected chi connectivity index (χ0v) is 27.2. The summed E-state index contributed by atoms with van der Waals surface area (Å²) >= 11 is 0. The summed E-state index contributed by atoms with van der Waals surface area (Å²) in [4.78, 5) is 15.8. The third-order valence-electron chi connectivity index (χ3n) is 10.9. The number of hydrogen-bond donors (Lipinski definition) is 0. The van der Waals surface area contributed by atoms with Gasteiger partial charge in [-0.05, 0) is 57.0 Å². The average Bonchev–Trinajstić information content (AvgIpc) is 3.10. The fourth-order valence-corrected chi connectivity index (χ4v) is 8.52. The summed E-state index contributed by atoms with van der Waals surface area (Å²) in [6.07, 6.45) is 0. The molecule has 3 aliphatic rings. The van der Waals surface area contributed by atoms with Gasteiger partial charge in [-0.3, -0.25) is 9.36 Å². The lowest BCUT2D eigenvalue weighted by Gasteiger charge is -2.45. The first-order valence-electron chi connectivity index (χ1n) is 16.5. The number of anilines is 2. The predicted molar refractivity (Wildman–Crippen MR) is 195 cm³/mol. The maximum atomic E-state index is 13.3. The second kappa shape index (κ2) is 9.80. The van der Waals surface area contributed by atoms with Crippen LogP contribution in [0.3, 0.4) is 0 Å². The number of benzene rings is 6. The maximum absolute atomic E-state index is 13.3. The van der Waals surface area contributed by atoms with E-state index < -0.39 is 0 Å². The Balaban J connectivity index is 0.000000129. The van der Waals surface area contributed by atoms with E-state index >= 15 is 0 Å². The SMILES string of the molecule is CC1(C)c2ccccc2-n2c(=O)c3ccccc3c3cccc1c32.CC1(C)c2ccccc2N2Cc3ccccc3-c3cccc1c32. The largest absolute Gasteiger partial charge is 0.336 e. The number of fused-ring (bicyclic) bond motifs is 8. The quantitative estimate of drug-likeness (QED) is 0.160. The van der Waals surface area contributed by atoms with Crippen molar-refractivity contribution in [1.82, 2.24) is 4.57 Å². The van der Waals surface area contributed by atoms with E-state index in [0.717, 1.165) is 33.9 Å². The molecule has 47 heavy (non-hydrogen) atoms. The molecule has 228 valence electrons. The van der Waals surface area contributed by atoms with Crippen molar-refractivity contribution in [2.24, 2.45) is 0 Å². The number of aromatic nitrogens is 1. The molecule has 3 aliphatic heterocycles. The molecule has 0 spiro atoms. The summed E-state index contributed by atoms with van der Waals surface area (Å²) in [5, 5.41) is 2.95. The highest BCUT2D eigenvalue weighted by Crippen LogP contribution is 2.55. The van der Waals surface area contributed by atoms with Gasteiger partial charge in [0, 0.05) is 39.4 Å². The number of pyridine rings is 1. The Morgan fingerprint density at radius 3 is 1.83 bits per heavy atom. The summed E-state index contributed by atoms with van der Waals surface area (Å²) in [6.45, 7) is 10.1. The molecular weight excluding hydrogens is 572 g/mol. The smallest absolute Gasteiger partial charge is 0.263 e. The van der Waals surface area contributed by atoms with E-state index in [-0.39, 0.29) is 16.4 Å². The average molecular weight is 609 g/mol. The maximum Gasteiger partial charge on any atom is 0.263 e. The molecule has 6 aromatic carbocycles. The van der Waals surface area contributed by atoms with Crippen LogP contribution in [0, 0.1) is 0 Å². The molecule has 0 atom stereocenters. The van der Waals surface area contributed by atoms with Gasteiger partial charge in [0.25, 0.3) is 5.56 Å². The lowest BCUT2D eigenvalue weighted by Crippen LogP contribution is -2.34. The van der Waals surface area contributed by atoms with Crippen LogP contribution in [-0.4, -0.2) is 4.57 Å². The first kappa shape index (κ1) is 27.9. The van der Waals surface area contributed by atoms with E-state index in [0.29, 0.717) is 0 Å². The molecule has 10 rings (SSSR count). The molecule has 7 aromatic rings. The van der Waals surface area contributed by atoms with Crippen molar-refractivity contribution in [3.8, 4) is 16.8 Å². The Hall–Kier alpha value is -5.41. The van der Waals surface area contributed by atoms with E-state index in [2.05, 4.69) is 136 Å². The molecule has 0 aliphatic carbocycles. The number of hydrogen-bond acceptors (Lipinski definition) is 2. The molecule has 0 N–H and O–H groups in total. The molecule has 0 bridgehead atoms. The first-order chi connectivity index (χ1) is 22.8. The highest BCUT2D eigenvalue weighted by atomic mass is 16.1. The molecule has 0 amide bonds. The lowest BCUT2D eigenvalue weighted by atomic mass is 9.71. The monoisotopic (exact) mass is 608 g/mol. The fourth-order valence-electron chi connectivity index (χ4n) is 8.52. The van der Waals surface area contributed by atoms with Crippen LogP contribution in [0.4, 0.5) is 11.4 Å². The van der Waals surface area contributed by atoms with Gasteiger partial charge in [0.2, 0.25) is 0 Å². The van der Waals surface area contributed by atoms with Crippen LogP contribution in [0.15, 0.2) is 138 Å². The highest BCUT2D eigenvalue weighted by Gasteiger charge is 2.39. The van der Waals surface area contributed by atoms with Crippen molar-refractivity contribution in [1.29, 1.82) is 0 Å². The zero-order valence-electron chi connectivity index (χ0n) is 27.2. The number of nitrogens with zero attached hydrogens (tertiary/aromatic N) is 2. The number of para-hydroxylation sites is 4. The summed E-state index contributed by atoms with van der Waals surface area (Å²) in [6, 6.07) is 47.0. The summed E-state index contributed by atoms with van der Waals surface area (Å²) < 4.78 is 1.91. The molecule has 1 aromatic heterocycles. The van der Waals surface area contributed by atoms with Gasteiger partial charge >= 0.3 is 0 Å². The molecule has 0 saturated carbocycles. The van der Waals surface area contributed by atoms with Gasteiger partial charge in [0.05, 0.1) is 16.9 Å². The van der Waals surface area contributed by atoms with Gasteiger partial charge in [0.1, 0.15) is 0 Å².